The van der Waals surface area contributed by atoms with Crippen molar-refractivity contribution in [1.29, 1.82) is 0 Å². The fourth-order valence-corrected chi connectivity index (χ4v) is 4.37. The number of hydrogen-bond donors (Lipinski definition) is 1. The molecule has 0 radical (unpaired) electrons. The molecule has 0 aliphatic carbocycles. The summed E-state index contributed by atoms with van der Waals surface area (Å²) in [6.07, 6.45) is 0.723. The Hall–Kier alpha value is -1.09. The molecule has 0 aliphatic rings. The molecule has 2 aromatic rings. The van der Waals surface area contributed by atoms with Crippen molar-refractivity contribution in [3.8, 4) is 11.5 Å². The minimum atomic E-state index is -2.23. The van der Waals surface area contributed by atoms with Crippen LogP contribution in [-0.2, 0) is 6.42 Å². The van der Waals surface area contributed by atoms with Crippen LogP contribution >= 0.6 is 0 Å². The normalized spacial score (nSPS) is 10.8. The van der Waals surface area contributed by atoms with E-state index in [0.29, 0.717) is 0 Å². The van der Waals surface area contributed by atoms with Gasteiger partial charge in [0.25, 0.3) is 8.32 Å². The Morgan fingerprint density at radius 2 is 1.55 bits per heavy atom. The van der Waals surface area contributed by atoms with Crippen LogP contribution in [0.25, 0.3) is 0 Å². The Morgan fingerprint density at radius 3 is 2.15 bits per heavy atom. The SMILES string of the molecule is C[Si](C)(O)C#CCc1ccc([I+]c2ccccc2)cc1. The monoisotopic (exact) mass is 393 g/mol. The zero-order chi connectivity index (χ0) is 14.4. The third kappa shape index (κ3) is 5.49. The van der Waals surface area contributed by atoms with Crippen LogP contribution < -0.4 is 21.2 Å². The van der Waals surface area contributed by atoms with Gasteiger partial charge in [-0.05, 0) is 42.9 Å². The lowest BCUT2D eigenvalue weighted by molar-refractivity contribution is -0.597. The van der Waals surface area contributed by atoms with Crippen LogP contribution in [0.5, 0.6) is 0 Å². The average molecular weight is 393 g/mol. The molecule has 2 rings (SSSR count). The van der Waals surface area contributed by atoms with Gasteiger partial charge in [-0.15, -0.1) is 5.92 Å². The van der Waals surface area contributed by atoms with Gasteiger partial charge in [0.05, 0.1) is 0 Å². The van der Waals surface area contributed by atoms with Crippen LogP contribution in [0.4, 0.5) is 0 Å². The van der Waals surface area contributed by atoms with Crippen LogP contribution in [-0.4, -0.2) is 13.1 Å². The number of hydrogen-bond acceptors (Lipinski definition) is 1. The van der Waals surface area contributed by atoms with Crippen molar-refractivity contribution in [3.05, 3.63) is 67.3 Å². The molecule has 0 saturated heterocycles. The molecule has 1 N–H and O–H groups in total. The second-order valence-electron chi connectivity index (χ2n) is 5.05. The topological polar surface area (TPSA) is 20.2 Å². The molecule has 0 atom stereocenters. The minimum Gasteiger partial charge on any atom is -0.422 e. The lowest BCUT2D eigenvalue weighted by Gasteiger charge is -2.01. The van der Waals surface area contributed by atoms with Gasteiger partial charge in [-0.25, -0.2) is 0 Å². The van der Waals surface area contributed by atoms with Gasteiger partial charge in [-0.1, -0.05) is 35.9 Å². The molecule has 102 valence electrons. The molecule has 3 heteroatoms. The predicted molar refractivity (Wildman–Crippen MR) is 81.5 cm³/mol. The molecule has 2 aromatic carbocycles. The smallest absolute Gasteiger partial charge is 0.357 e. The highest BCUT2D eigenvalue weighted by molar-refractivity contribution is 6.78. The van der Waals surface area contributed by atoms with Crippen LogP contribution in [0, 0.1) is 18.6 Å². The van der Waals surface area contributed by atoms with Crippen LogP contribution in [0.3, 0.4) is 0 Å². The summed E-state index contributed by atoms with van der Waals surface area (Å²) in [6, 6.07) is 19.4. The van der Waals surface area contributed by atoms with Gasteiger partial charge in [0.1, 0.15) is 0 Å². The molecule has 0 spiro atoms. The lowest BCUT2D eigenvalue weighted by Crippen LogP contribution is -3.61. The Kier molecular flexibility index (Phi) is 5.41. The van der Waals surface area contributed by atoms with E-state index in [9.17, 15) is 4.80 Å². The van der Waals surface area contributed by atoms with E-state index in [-0.39, 0.29) is 21.2 Å². The fourth-order valence-electron chi connectivity index (χ4n) is 1.63. The van der Waals surface area contributed by atoms with Crippen LogP contribution in [0.2, 0.25) is 13.1 Å². The Labute approximate surface area is 132 Å². The van der Waals surface area contributed by atoms with Crippen molar-refractivity contribution in [3.63, 3.8) is 0 Å². The average Bonchev–Trinajstić information content (AvgIpc) is 2.41. The van der Waals surface area contributed by atoms with E-state index < -0.39 is 8.32 Å². The van der Waals surface area contributed by atoms with Crippen LogP contribution in [0.1, 0.15) is 5.56 Å². The van der Waals surface area contributed by atoms with Crippen molar-refractivity contribution in [2.45, 2.75) is 19.5 Å². The third-order valence-electron chi connectivity index (χ3n) is 2.55. The summed E-state index contributed by atoms with van der Waals surface area (Å²) in [6.45, 7) is 3.68. The quantitative estimate of drug-likeness (QED) is 0.446. The fraction of sp³-hybridized carbons (Fsp3) is 0.176. The number of rotatable bonds is 3. The van der Waals surface area contributed by atoms with Crippen molar-refractivity contribution >= 4 is 8.32 Å². The maximum Gasteiger partial charge on any atom is 0.357 e. The van der Waals surface area contributed by atoms with E-state index in [1.807, 2.05) is 13.1 Å². The highest BCUT2D eigenvalue weighted by atomic mass is 127. The van der Waals surface area contributed by atoms with Crippen LogP contribution in [0.15, 0.2) is 54.6 Å². The first-order chi connectivity index (χ1) is 9.53. The molecule has 0 amide bonds. The third-order valence-corrected chi connectivity index (χ3v) is 6.02. The Bertz CT molecular complexity index is 603. The molecule has 0 saturated carbocycles. The largest absolute Gasteiger partial charge is 0.422 e. The molecular weight excluding hydrogens is 375 g/mol. The highest BCUT2D eigenvalue weighted by Crippen LogP contribution is 1.99. The zero-order valence-corrected chi connectivity index (χ0v) is 14.9. The second-order valence-corrected chi connectivity index (χ2v) is 11.5. The summed E-state index contributed by atoms with van der Waals surface area (Å²) in [5.74, 6) is 3.08. The van der Waals surface area contributed by atoms with Gasteiger partial charge in [-0.2, -0.15) is 0 Å². The van der Waals surface area contributed by atoms with Gasteiger partial charge in [0, 0.05) is 6.42 Å². The van der Waals surface area contributed by atoms with Gasteiger partial charge in [0.15, 0.2) is 7.14 Å². The summed E-state index contributed by atoms with van der Waals surface area (Å²) < 4.78 is 2.86. The van der Waals surface area contributed by atoms with Crippen molar-refractivity contribution < 1.29 is 26.0 Å². The van der Waals surface area contributed by atoms with Crippen molar-refractivity contribution in [2.24, 2.45) is 0 Å². The molecule has 0 bridgehead atoms. The number of halogens is 1. The molecule has 1 nitrogen and oxygen atoms in total. The molecule has 0 unspecified atom stereocenters. The van der Waals surface area contributed by atoms with E-state index in [0.717, 1.165) is 6.42 Å². The van der Waals surface area contributed by atoms with Gasteiger partial charge in [-0.3, -0.25) is 0 Å². The maximum atomic E-state index is 9.67. The first kappa shape index (κ1) is 15.3. The Balaban J connectivity index is 1.98. The summed E-state index contributed by atoms with van der Waals surface area (Å²) >= 11 is -0.0858. The summed E-state index contributed by atoms with van der Waals surface area (Å²) in [5.41, 5.74) is 4.20. The van der Waals surface area contributed by atoms with E-state index in [2.05, 4.69) is 66.1 Å². The number of benzene rings is 2. The van der Waals surface area contributed by atoms with Crippen molar-refractivity contribution in [1.82, 2.24) is 0 Å². The van der Waals surface area contributed by atoms with Gasteiger partial charge >= 0.3 is 21.2 Å². The standard InChI is InChI=1S/C17H18IOSi/c1-20(2,19)14-6-7-15-10-12-17(13-11-15)18-16-8-4-3-5-9-16/h3-5,8-13,19H,7H2,1-2H3/q+1. The zero-order valence-electron chi connectivity index (χ0n) is 11.7. The Morgan fingerprint density at radius 1 is 0.950 bits per heavy atom. The maximum absolute atomic E-state index is 9.67. The molecule has 0 fully saturated rings. The lowest BCUT2D eigenvalue weighted by atomic mass is 10.2. The summed E-state index contributed by atoms with van der Waals surface area (Å²) in [4.78, 5) is 9.67. The summed E-state index contributed by atoms with van der Waals surface area (Å²) in [7, 11) is -2.23. The molecule has 0 heterocycles. The van der Waals surface area contributed by atoms with E-state index in [4.69, 9.17) is 0 Å². The second kappa shape index (κ2) is 7.07. The molecule has 0 aromatic heterocycles. The van der Waals surface area contributed by atoms with Gasteiger partial charge in [0.2, 0.25) is 0 Å². The van der Waals surface area contributed by atoms with Crippen molar-refractivity contribution in [2.75, 3.05) is 0 Å². The van der Waals surface area contributed by atoms with Gasteiger partial charge < -0.3 is 4.80 Å². The van der Waals surface area contributed by atoms with E-state index in [1.165, 1.54) is 12.7 Å². The molecule has 20 heavy (non-hydrogen) atoms. The first-order valence-corrected chi connectivity index (χ1v) is 11.6. The summed E-state index contributed by atoms with van der Waals surface area (Å²) in [5, 5.41) is 0. The molecule has 0 aliphatic heterocycles. The minimum absolute atomic E-state index is 0.0858. The first-order valence-electron chi connectivity index (χ1n) is 6.54. The predicted octanol–water partition coefficient (Wildman–Crippen LogP) is 0.0975. The van der Waals surface area contributed by atoms with E-state index in [1.54, 1.807) is 0 Å². The van der Waals surface area contributed by atoms with E-state index >= 15 is 0 Å². The highest BCUT2D eigenvalue weighted by Gasteiger charge is 2.14. The molecular formula is C17H18IOSi+.